The van der Waals surface area contributed by atoms with Gasteiger partial charge in [0, 0.05) is 11.4 Å². The van der Waals surface area contributed by atoms with Gasteiger partial charge >= 0.3 is 0 Å². The first-order valence-electron chi connectivity index (χ1n) is 6.91. The standard InChI is InChI=1S/C16H16ClNO2S/c17-15-6-5-12(21-15)9-16(20)18-8-7-11-3-1-2-4-13(11)14(18)10-19/h1-6,14,19H,7-10H2. The Morgan fingerprint density at radius 1 is 1.33 bits per heavy atom. The first kappa shape index (κ1) is 14.6. The summed E-state index contributed by atoms with van der Waals surface area (Å²) in [6.07, 6.45) is 1.18. The van der Waals surface area contributed by atoms with Gasteiger partial charge < -0.3 is 10.0 Å². The van der Waals surface area contributed by atoms with E-state index in [9.17, 15) is 9.90 Å². The molecule has 1 aliphatic rings. The lowest BCUT2D eigenvalue weighted by atomic mass is 9.92. The molecule has 2 heterocycles. The van der Waals surface area contributed by atoms with Crippen molar-refractivity contribution in [3.63, 3.8) is 0 Å². The van der Waals surface area contributed by atoms with Crippen LogP contribution in [0.2, 0.25) is 4.34 Å². The highest BCUT2D eigenvalue weighted by atomic mass is 35.5. The third-order valence-electron chi connectivity index (χ3n) is 3.86. The maximum Gasteiger partial charge on any atom is 0.228 e. The van der Waals surface area contributed by atoms with Gasteiger partial charge in [-0.2, -0.15) is 0 Å². The third kappa shape index (κ3) is 2.98. The molecule has 1 amide bonds. The Balaban J connectivity index is 1.80. The number of rotatable bonds is 3. The quantitative estimate of drug-likeness (QED) is 0.944. The number of hydrogen-bond acceptors (Lipinski definition) is 3. The van der Waals surface area contributed by atoms with Crippen molar-refractivity contribution in [3.05, 3.63) is 56.7 Å². The van der Waals surface area contributed by atoms with Crippen LogP contribution in [0.15, 0.2) is 36.4 Å². The molecule has 1 unspecified atom stereocenters. The van der Waals surface area contributed by atoms with Gasteiger partial charge in [-0.15, -0.1) is 11.3 Å². The number of thiophene rings is 1. The molecular weight excluding hydrogens is 306 g/mol. The SMILES string of the molecule is O=C(Cc1ccc(Cl)s1)N1CCc2ccccc2C1CO. The molecule has 1 atom stereocenters. The van der Waals surface area contributed by atoms with Crippen LogP contribution < -0.4 is 0 Å². The number of benzene rings is 1. The maximum absolute atomic E-state index is 12.5. The first-order chi connectivity index (χ1) is 10.2. The molecule has 0 aliphatic carbocycles. The summed E-state index contributed by atoms with van der Waals surface area (Å²) < 4.78 is 0.695. The van der Waals surface area contributed by atoms with Crippen molar-refractivity contribution < 1.29 is 9.90 Å². The molecule has 2 aromatic rings. The molecule has 5 heteroatoms. The largest absolute Gasteiger partial charge is 0.394 e. The number of hydrogen-bond donors (Lipinski definition) is 1. The maximum atomic E-state index is 12.5. The zero-order valence-corrected chi connectivity index (χ0v) is 13.0. The Hall–Kier alpha value is -1.36. The topological polar surface area (TPSA) is 40.5 Å². The van der Waals surface area contributed by atoms with Crippen molar-refractivity contribution in [1.82, 2.24) is 4.90 Å². The molecular formula is C16H16ClNO2S. The molecule has 3 nitrogen and oxygen atoms in total. The predicted octanol–water partition coefficient (Wildman–Crippen LogP) is 3.06. The average Bonchev–Trinajstić information content (AvgIpc) is 2.91. The number of carbonyl (C=O) groups excluding carboxylic acids is 1. The van der Waals surface area contributed by atoms with Crippen LogP contribution in [-0.2, 0) is 17.6 Å². The zero-order chi connectivity index (χ0) is 14.8. The van der Waals surface area contributed by atoms with Crippen molar-refractivity contribution in [2.75, 3.05) is 13.2 Å². The summed E-state index contributed by atoms with van der Waals surface area (Å²) >= 11 is 7.34. The second kappa shape index (κ2) is 6.18. The fourth-order valence-electron chi connectivity index (χ4n) is 2.84. The highest BCUT2D eigenvalue weighted by molar-refractivity contribution is 7.16. The van der Waals surface area contributed by atoms with Crippen molar-refractivity contribution in [2.45, 2.75) is 18.9 Å². The van der Waals surface area contributed by atoms with Crippen LogP contribution in [0.5, 0.6) is 0 Å². The van der Waals surface area contributed by atoms with Gasteiger partial charge in [0.15, 0.2) is 0 Å². The lowest BCUT2D eigenvalue weighted by Gasteiger charge is -2.36. The molecule has 1 N–H and O–H groups in total. The van der Waals surface area contributed by atoms with Crippen LogP contribution in [0, 0.1) is 0 Å². The Labute approximate surface area is 132 Å². The molecule has 0 spiro atoms. The summed E-state index contributed by atoms with van der Waals surface area (Å²) in [4.78, 5) is 15.3. The van der Waals surface area contributed by atoms with Gasteiger partial charge in [0.2, 0.25) is 5.91 Å². The second-order valence-corrected chi connectivity index (χ2v) is 6.92. The molecule has 1 aliphatic heterocycles. The number of nitrogens with zero attached hydrogens (tertiary/aromatic N) is 1. The minimum absolute atomic E-state index is 0.0436. The smallest absolute Gasteiger partial charge is 0.228 e. The van der Waals surface area contributed by atoms with Crippen molar-refractivity contribution in [1.29, 1.82) is 0 Å². The van der Waals surface area contributed by atoms with E-state index in [1.807, 2.05) is 30.3 Å². The van der Waals surface area contributed by atoms with Gasteiger partial charge in [-0.1, -0.05) is 35.9 Å². The summed E-state index contributed by atoms with van der Waals surface area (Å²) in [5, 5.41) is 9.71. The second-order valence-electron chi connectivity index (χ2n) is 5.12. The van der Waals surface area contributed by atoms with E-state index in [1.54, 1.807) is 4.90 Å². The van der Waals surface area contributed by atoms with Gasteiger partial charge in [0.25, 0.3) is 0 Å². The Kier molecular flexibility index (Phi) is 4.29. The van der Waals surface area contributed by atoms with Gasteiger partial charge in [0.1, 0.15) is 0 Å². The summed E-state index contributed by atoms with van der Waals surface area (Å²) in [5.74, 6) is 0.0436. The highest BCUT2D eigenvalue weighted by Gasteiger charge is 2.30. The summed E-state index contributed by atoms with van der Waals surface area (Å²) in [7, 11) is 0. The first-order valence-corrected chi connectivity index (χ1v) is 8.11. The average molecular weight is 322 g/mol. The molecule has 21 heavy (non-hydrogen) atoms. The number of amides is 1. The fraction of sp³-hybridized carbons (Fsp3) is 0.312. The number of halogens is 1. The van der Waals surface area contributed by atoms with Gasteiger partial charge in [0.05, 0.1) is 23.4 Å². The van der Waals surface area contributed by atoms with Crippen molar-refractivity contribution >= 4 is 28.8 Å². The van der Waals surface area contributed by atoms with Crippen LogP contribution in [0.25, 0.3) is 0 Å². The molecule has 110 valence electrons. The lowest BCUT2D eigenvalue weighted by molar-refractivity contribution is -0.134. The summed E-state index contributed by atoms with van der Waals surface area (Å²) in [6.45, 7) is 0.605. The predicted molar refractivity (Wildman–Crippen MR) is 84.7 cm³/mol. The van der Waals surface area contributed by atoms with Gasteiger partial charge in [-0.05, 0) is 29.7 Å². The minimum atomic E-state index is -0.238. The van der Waals surface area contributed by atoms with E-state index in [0.717, 1.165) is 16.9 Å². The van der Waals surface area contributed by atoms with Crippen LogP contribution in [-0.4, -0.2) is 29.1 Å². The van der Waals surface area contributed by atoms with E-state index in [-0.39, 0.29) is 18.6 Å². The summed E-state index contributed by atoms with van der Waals surface area (Å²) in [6, 6.07) is 11.5. The Morgan fingerprint density at radius 2 is 2.14 bits per heavy atom. The number of fused-ring (bicyclic) bond motifs is 1. The minimum Gasteiger partial charge on any atom is -0.394 e. The fourth-order valence-corrected chi connectivity index (χ4v) is 3.92. The molecule has 1 aromatic heterocycles. The molecule has 0 saturated carbocycles. The van der Waals surface area contributed by atoms with Gasteiger partial charge in [-0.25, -0.2) is 0 Å². The molecule has 0 bridgehead atoms. The van der Waals surface area contributed by atoms with Crippen LogP contribution in [0.3, 0.4) is 0 Å². The number of aliphatic hydroxyl groups excluding tert-OH is 1. The Morgan fingerprint density at radius 3 is 2.86 bits per heavy atom. The van der Waals surface area contributed by atoms with Crippen molar-refractivity contribution in [3.8, 4) is 0 Å². The lowest BCUT2D eigenvalue weighted by Crippen LogP contribution is -2.42. The van der Waals surface area contributed by atoms with E-state index in [1.165, 1.54) is 16.9 Å². The Bertz CT molecular complexity index is 655. The molecule has 0 radical (unpaired) electrons. The molecule has 1 aromatic carbocycles. The van der Waals surface area contributed by atoms with Crippen LogP contribution in [0.1, 0.15) is 22.0 Å². The van der Waals surface area contributed by atoms with Crippen molar-refractivity contribution in [2.24, 2.45) is 0 Å². The van der Waals surface area contributed by atoms with E-state index in [0.29, 0.717) is 17.3 Å². The molecule has 0 saturated heterocycles. The monoisotopic (exact) mass is 321 g/mol. The van der Waals surface area contributed by atoms with E-state index in [4.69, 9.17) is 11.6 Å². The molecule has 3 rings (SSSR count). The molecule has 0 fully saturated rings. The summed E-state index contributed by atoms with van der Waals surface area (Å²) in [5.41, 5.74) is 2.28. The van der Waals surface area contributed by atoms with E-state index < -0.39 is 0 Å². The van der Waals surface area contributed by atoms with Crippen LogP contribution >= 0.6 is 22.9 Å². The van der Waals surface area contributed by atoms with E-state index >= 15 is 0 Å². The third-order valence-corrected chi connectivity index (χ3v) is 5.09. The van der Waals surface area contributed by atoms with E-state index in [2.05, 4.69) is 6.07 Å². The van der Waals surface area contributed by atoms with Gasteiger partial charge in [-0.3, -0.25) is 4.79 Å². The number of aliphatic hydroxyl groups is 1. The van der Waals surface area contributed by atoms with Crippen LogP contribution in [0.4, 0.5) is 0 Å². The zero-order valence-electron chi connectivity index (χ0n) is 11.5. The number of carbonyl (C=O) groups is 1. The highest BCUT2D eigenvalue weighted by Crippen LogP contribution is 2.30. The normalized spacial score (nSPS) is 17.6.